The van der Waals surface area contributed by atoms with Crippen LogP contribution in [-0.2, 0) is 4.79 Å². The van der Waals surface area contributed by atoms with Crippen molar-refractivity contribution in [2.45, 2.75) is 106 Å². The smallest absolute Gasteiger partial charge is 0.133 e. The molecule has 30 heavy (non-hydrogen) atoms. The molecule has 0 radical (unpaired) electrons. The van der Waals surface area contributed by atoms with Crippen LogP contribution in [0.25, 0.3) is 0 Å². The largest absolute Gasteiger partial charge is 0.300 e. The zero-order chi connectivity index (χ0) is 21.7. The average Bonchev–Trinajstić information content (AvgIpc) is 3.06. The van der Waals surface area contributed by atoms with E-state index in [-0.39, 0.29) is 0 Å². The molecule has 0 aromatic heterocycles. The molecule has 0 spiro atoms. The maximum Gasteiger partial charge on any atom is 0.133 e. The van der Waals surface area contributed by atoms with Gasteiger partial charge in [-0.3, -0.25) is 4.79 Å². The molecule has 0 bridgehead atoms. The van der Waals surface area contributed by atoms with Gasteiger partial charge in [-0.05, 0) is 110 Å². The lowest BCUT2D eigenvalue weighted by Crippen LogP contribution is -2.53. The van der Waals surface area contributed by atoms with E-state index in [0.717, 1.165) is 48.3 Å². The van der Waals surface area contributed by atoms with Crippen molar-refractivity contribution in [1.82, 2.24) is 0 Å². The first-order chi connectivity index (χ1) is 14.2. The van der Waals surface area contributed by atoms with Crippen LogP contribution in [0.1, 0.15) is 106 Å². The van der Waals surface area contributed by atoms with Crippen LogP contribution >= 0.6 is 0 Å². The van der Waals surface area contributed by atoms with Gasteiger partial charge in [-0.25, -0.2) is 0 Å². The van der Waals surface area contributed by atoms with Crippen molar-refractivity contribution < 1.29 is 4.79 Å². The lowest BCUT2D eigenvalue weighted by Gasteiger charge is -2.60. The Morgan fingerprint density at radius 1 is 0.933 bits per heavy atom. The normalized spacial score (nSPS) is 45.8. The van der Waals surface area contributed by atoms with Crippen molar-refractivity contribution in [1.29, 1.82) is 0 Å². The Morgan fingerprint density at radius 2 is 1.67 bits per heavy atom. The molecule has 0 aliphatic heterocycles. The third-order valence-electron chi connectivity index (χ3n) is 11.2. The van der Waals surface area contributed by atoms with Gasteiger partial charge in [0.2, 0.25) is 0 Å². The molecule has 0 aromatic carbocycles. The fourth-order valence-corrected chi connectivity index (χ4v) is 9.23. The molecule has 1 heteroatoms. The topological polar surface area (TPSA) is 17.1 Å². The van der Waals surface area contributed by atoms with Crippen LogP contribution in [0.4, 0.5) is 0 Å². The lowest BCUT2D eigenvalue weighted by atomic mass is 9.44. The molecule has 4 rings (SSSR count). The summed E-state index contributed by atoms with van der Waals surface area (Å²) in [7, 11) is 0. The van der Waals surface area contributed by atoms with Crippen molar-refractivity contribution in [3.05, 3.63) is 12.2 Å². The van der Waals surface area contributed by atoms with E-state index in [9.17, 15) is 4.79 Å². The van der Waals surface area contributed by atoms with Crippen LogP contribution in [0.3, 0.4) is 0 Å². The molecule has 4 fully saturated rings. The number of carbonyl (C=O) groups excluding carboxylic acids is 1. The second kappa shape index (κ2) is 8.40. The van der Waals surface area contributed by atoms with E-state index >= 15 is 0 Å². The zero-order valence-corrected chi connectivity index (χ0v) is 20.8. The maximum atomic E-state index is 12.1. The fraction of sp³-hybridized carbons (Fsp3) is 0.897. The predicted octanol–water partition coefficient (Wildman–Crippen LogP) is 8.09. The van der Waals surface area contributed by atoms with Crippen molar-refractivity contribution >= 4 is 5.78 Å². The van der Waals surface area contributed by atoms with E-state index < -0.39 is 0 Å². The molecular weight excluding hydrogens is 364 g/mol. The van der Waals surface area contributed by atoms with Gasteiger partial charge in [-0.1, -0.05) is 53.7 Å². The molecule has 170 valence electrons. The molecule has 0 heterocycles. The maximum absolute atomic E-state index is 12.1. The molecular formula is C29H48O. The summed E-state index contributed by atoms with van der Waals surface area (Å²) >= 11 is 0. The minimum absolute atomic E-state index is 0.452. The second-order valence-corrected chi connectivity index (χ2v) is 12.7. The van der Waals surface area contributed by atoms with Crippen LogP contribution in [0, 0.1) is 58.2 Å². The summed E-state index contributed by atoms with van der Waals surface area (Å²) in [5.41, 5.74) is 0.992. The van der Waals surface area contributed by atoms with Crippen molar-refractivity contribution in [2.75, 3.05) is 0 Å². The molecule has 1 nitrogen and oxygen atoms in total. The van der Waals surface area contributed by atoms with Crippen molar-refractivity contribution in [3.63, 3.8) is 0 Å². The number of fused-ring (bicyclic) bond motifs is 5. The summed E-state index contributed by atoms with van der Waals surface area (Å²) in [4.78, 5) is 12.1. The number of ketones is 1. The van der Waals surface area contributed by atoms with E-state index in [2.05, 4.69) is 53.7 Å². The number of Topliss-reactive ketones (excluding diaryl/α,β-unsaturated/α-hetero) is 1. The first-order valence-electron chi connectivity index (χ1n) is 13.4. The quantitative estimate of drug-likeness (QED) is 0.417. The third kappa shape index (κ3) is 3.65. The molecule has 0 saturated heterocycles. The molecule has 4 saturated carbocycles. The number of hydrogen-bond donors (Lipinski definition) is 0. The highest BCUT2D eigenvalue weighted by molar-refractivity contribution is 5.79. The van der Waals surface area contributed by atoms with Gasteiger partial charge < -0.3 is 0 Å². The van der Waals surface area contributed by atoms with Gasteiger partial charge in [0.1, 0.15) is 5.78 Å². The fourth-order valence-electron chi connectivity index (χ4n) is 9.23. The molecule has 1 unspecified atom stereocenters. The van der Waals surface area contributed by atoms with Crippen LogP contribution in [0.15, 0.2) is 12.2 Å². The molecule has 0 amide bonds. The summed E-state index contributed by atoms with van der Waals surface area (Å²) in [6, 6.07) is 0. The second-order valence-electron chi connectivity index (χ2n) is 12.7. The Hall–Kier alpha value is -0.590. The van der Waals surface area contributed by atoms with Gasteiger partial charge in [0, 0.05) is 12.8 Å². The predicted molar refractivity (Wildman–Crippen MR) is 127 cm³/mol. The van der Waals surface area contributed by atoms with E-state index in [0.29, 0.717) is 28.4 Å². The number of allylic oxidation sites excluding steroid dienone is 2. The first-order valence-corrected chi connectivity index (χ1v) is 13.4. The minimum Gasteiger partial charge on any atom is -0.300 e. The standard InChI is InChI=1S/C29H48O/c1-7-21(19(2)3)9-8-20(4)25-12-13-26-24-11-10-22-18-23(30)14-16-28(22,5)27(24)15-17-29(25,26)6/h8-9,19-22,24-27H,7,10-18H2,1-6H3/t20-,21-,22?,24+,25-,26+,27+,28+,29-/m1/s1. The van der Waals surface area contributed by atoms with Crippen LogP contribution in [-0.4, -0.2) is 5.78 Å². The molecule has 9 atom stereocenters. The molecule has 4 aliphatic carbocycles. The molecule has 4 aliphatic rings. The lowest BCUT2D eigenvalue weighted by molar-refractivity contribution is -0.140. The SMILES string of the molecule is CC[C@H](C=C[C@@H](C)[C@H]1CC[C@H]2[C@@H]3CCC4CC(=O)CC[C@]4(C)[C@H]3CC[C@]12C)C(C)C. The number of hydrogen-bond acceptors (Lipinski definition) is 1. The molecule has 0 N–H and O–H groups in total. The average molecular weight is 413 g/mol. The Morgan fingerprint density at radius 3 is 2.37 bits per heavy atom. The number of rotatable bonds is 5. The monoisotopic (exact) mass is 412 g/mol. The van der Waals surface area contributed by atoms with Crippen molar-refractivity contribution in [2.24, 2.45) is 58.2 Å². The van der Waals surface area contributed by atoms with Gasteiger partial charge in [-0.15, -0.1) is 0 Å². The summed E-state index contributed by atoms with van der Waals surface area (Å²) in [6.07, 6.45) is 17.8. The molecule has 0 aromatic rings. The van der Waals surface area contributed by atoms with Crippen molar-refractivity contribution in [3.8, 4) is 0 Å². The summed E-state index contributed by atoms with van der Waals surface area (Å²) in [5.74, 6) is 7.04. The van der Waals surface area contributed by atoms with E-state index in [1.165, 1.54) is 51.4 Å². The summed E-state index contributed by atoms with van der Waals surface area (Å²) in [5, 5.41) is 0. The third-order valence-corrected chi connectivity index (χ3v) is 11.2. The Kier molecular flexibility index (Phi) is 6.33. The highest BCUT2D eigenvalue weighted by atomic mass is 16.1. The van der Waals surface area contributed by atoms with Gasteiger partial charge in [-0.2, -0.15) is 0 Å². The summed E-state index contributed by atoms with van der Waals surface area (Å²) < 4.78 is 0. The highest BCUT2D eigenvalue weighted by Gasteiger charge is 2.60. The zero-order valence-electron chi connectivity index (χ0n) is 20.8. The van der Waals surface area contributed by atoms with E-state index in [1.54, 1.807) is 0 Å². The highest BCUT2D eigenvalue weighted by Crippen LogP contribution is 2.68. The van der Waals surface area contributed by atoms with Gasteiger partial charge in [0.25, 0.3) is 0 Å². The van der Waals surface area contributed by atoms with Gasteiger partial charge in [0.05, 0.1) is 0 Å². The summed E-state index contributed by atoms with van der Waals surface area (Å²) in [6.45, 7) is 14.8. The van der Waals surface area contributed by atoms with Crippen LogP contribution in [0.5, 0.6) is 0 Å². The minimum atomic E-state index is 0.452. The Labute approximate surface area is 186 Å². The van der Waals surface area contributed by atoms with Gasteiger partial charge in [0.15, 0.2) is 0 Å². The van der Waals surface area contributed by atoms with E-state index in [1.807, 2.05) is 0 Å². The Bertz CT molecular complexity index is 661. The van der Waals surface area contributed by atoms with Crippen LogP contribution < -0.4 is 0 Å². The number of carbonyl (C=O) groups is 1. The van der Waals surface area contributed by atoms with Crippen LogP contribution in [0.2, 0.25) is 0 Å². The van der Waals surface area contributed by atoms with E-state index in [4.69, 9.17) is 0 Å². The van der Waals surface area contributed by atoms with Gasteiger partial charge >= 0.3 is 0 Å². The Balaban J connectivity index is 1.50. The first kappa shape index (κ1) is 22.6.